The summed E-state index contributed by atoms with van der Waals surface area (Å²) in [6, 6.07) is 3.35. The average Bonchev–Trinajstić information content (AvgIpc) is 2.41. The SMILES string of the molecule is O=C(CC1CCCCC1)Nc1ccc(F)cc1C(=O)O. The summed E-state index contributed by atoms with van der Waals surface area (Å²) >= 11 is 0. The molecule has 1 aromatic carbocycles. The normalized spacial score (nSPS) is 15.8. The van der Waals surface area contributed by atoms with Crippen LogP contribution in [0.3, 0.4) is 0 Å². The van der Waals surface area contributed by atoms with Gasteiger partial charge in [-0.25, -0.2) is 9.18 Å². The molecule has 4 nitrogen and oxygen atoms in total. The Labute approximate surface area is 117 Å². The molecule has 0 saturated heterocycles. The van der Waals surface area contributed by atoms with Gasteiger partial charge in [0.25, 0.3) is 0 Å². The van der Waals surface area contributed by atoms with E-state index in [1.54, 1.807) is 0 Å². The number of carboxylic acids is 1. The predicted molar refractivity (Wildman–Crippen MR) is 73.2 cm³/mol. The first-order valence-corrected chi connectivity index (χ1v) is 6.89. The largest absolute Gasteiger partial charge is 0.478 e. The number of benzene rings is 1. The molecule has 0 atom stereocenters. The number of carbonyl (C=O) groups is 2. The molecule has 5 heteroatoms. The van der Waals surface area contributed by atoms with Crippen LogP contribution in [0.1, 0.15) is 48.9 Å². The van der Waals surface area contributed by atoms with Crippen molar-refractivity contribution < 1.29 is 19.1 Å². The number of hydrogen-bond donors (Lipinski definition) is 2. The van der Waals surface area contributed by atoms with E-state index in [1.807, 2.05) is 0 Å². The summed E-state index contributed by atoms with van der Waals surface area (Å²) in [6.07, 6.45) is 6.00. The van der Waals surface area contributed by atoms with Gasteiger partial charge in [0.05, 0.1) is 11.3 Å². The van der Waals surface area contributed by atoms with Crippen molar-refractivity contribution in [1.29, 1.82) is 0 Å². The minimum absolute atomic E-state index is 0.153. The van der Waals surface area contributed by atoms with Gasteiger partial charge in [0.15, 0.2) is 0 Å². The van der Waals surface area contributed by atoms with Gasteiger partial charge in [-0.1, -0.05) is 19.3 Å². The van der Waals surface area contributed by atoms with E-state index in [2.05, 4.69) is 5.32 Å². The van der Waals surface area contributed by atoms with E-state index in [-0.39, 0.29) is 17.2 Å². The first-order chi connectivity index (χ1) is 9.56. The number of halogens is 1. The van der Waals surface area contributed by atoms with E-state index in [1.165, 1.54) is 12.5 Å². The Morgan fingerprint density at radius 3 is 2.60 bits per heavy atom. The molecule has 0 unspecified atom stereocenters. The maximum absolute atomic E-state index is 13.0. The fraction of sp³-hybridized carbons (Fsp3) is 0.467. The Balaban J connectivity index is 2.01. The number of rotatable bonds is 4. The second-order valence-corrected chi connectivity index (χ2v) is 5.25. The van der Waals surface area contributed by atoms with Crippen molar-refractivity contribution in [2.45, 2.75) is 38.5 Å². The summed E-state index contributed by atoms with van der Waals surface area (Å²) in [5.41, 5.74) is -0.0679. The zero-order valence-electron chi connectivity index (χ0n) is 11.2. The fourth-order valence-electron chi connectivity index (χ4n) is 2.66. The third-order valence-electron chi connectivity index (χ3n) is 3.68. The van der Waals surface area contributed by atoms with Gasteiger partial charge in [-0.15, -0.1) is 0 Å². The van der Waals surface area contributed by atoms with Crippen molar-refractivity contribution in [1.82, 2.24) is 0 Å². The number of anilines is 1. The highest BCUT2D eigenvalue weighted by molar-refractivity contribution is 6.00. The Hall–Kier alpha value is -1.91. The smallest absolute Gasteiger partial charge is 0.337 e. The standard InChI is InChI=1S/C15H18FNO3/c16-11-6-7-13(12(9-11)15(19)20)17-14(18)8-10-4-2-1-3-5-10/h6-7,9-10H,1-5,8H2,(H,17,18)(H,19,20). The molecule has 2 N–H and O–H groups in total. The molecule has 1 amide bonds. The first kappa shape index (κ1) is 14.5. The van der Waals surface area contributed by atoms with Crippen molar-refractivity contribution in [3.63, 3.8) is 0 Å². The number of aromatic carboxylic acids is 1. The second kappa shape index (κ2) is 6.50. The molecule has 1 saturated carbocycles. The molecular weight excluding hydrogens is 261 g/mol. The maximum Gasteiger partial charge on any atom is 0.337 e. The summed E-state index contributed by atoms with van der Waals surface area (Å²) in [7, 11) is 0. The maximum atomic E-state index is 13.0. The molecule has 0 radical (unpaired) electrons. The van der Waals surface area contributed by atoms with Crippen LogP contribution >= 0.6 is 0 Å². The molecule has 0 aromatic heterocycles. The summed E-state index contributed by atoms with van der Waals surface area (Å²) in [5.74, 6) is -1.71. The summed E-state index contributed by atoms with van der Waals surface area (Å²) in [4.78, 5) is 23.0. The number of carbonyl (C=O) groups excluding carboxylic acids is 1. The van der Waals surface area contributed by atoms with Gasteiger partial charge in [0.1, 0.15) is 5.82 Å². The third-order valence-corrected chi connectivity index (χ3v) is 3.68. The zero-order chi connectivity index (χ0) is 14.5. The average molecular weight is 279 g/mol. The molecule has 0 aliphatic heterocycles. The van der Waals surface area contributed by atoms with Gasteiger partial charge in [0.2, 0.25) is 5.91 Å². The van der Waals surface area contributed by atoms with Crippen LogP contribution in [-0.2, 0) is 4.79 Å². The van der Waals surface area contributed by atoms with Gasteiger partial charge < -0.3 is 10.4 Å². The molecule has 1 aliphatic carbocycles. The summed E-state index contributed by atoms with van der Waals surface area (Å²) in [5, 5.41) is 11.6. The summed E-state index contributed by atoms with van der Waals surface area (Å²) < 4.78 is 13.0. The Kier molecular flexibility index (Phi) is 4.71. The summed E-state index contributed by atoms with van der Waals surface area (Å²) in [6.45, 7) is 0. The minimum atomic E-state index is -1.25. The Bertz CT molecular complexity index is 510. The van der Waals surface area contributed by atoms with Crippen LogP contribution in [0.25, 0.3) is 0 Å². The quantitative estimate of drug-likeness (QED) is 0.887. The van der Waals surface area contributed by atoms with Gasteiger partial charge >= 0.3 is 5.97 Å². The van der Waals surface area contributed by atoms with Crippen molar-refractivity contribution >= 4 is 17.6 Å². The topological polar surface area (TPSA) is 66.4 Å². The van der Waals surface area contributed by atoms with Gasteiger partial charge in [-0.3, -0.25) is 4.79 Å². The Morgan fingerprint density at radius 2 is 1.95 bits per heavy atom. The molecule has 2 rings (SSSR count). The highest BCUT2D eigenvalue weighted by Gasteiger charge is 2.19. The highest BCUT2D eigenvalue weighted by Crippen LogP contribution is 2.27. The monoisotopic (exact) mass is 279 g/mol. The van der Waals surface area contributed by atoms with E-state index < -0.39 is 11.8 Å². The molecule has 0 bridgehead atoms. The highest BCUT2D eigenvalue weighted by atomic mass is 19.1. The van der Waals surface area contributed by atoms with Crippen LogP contribution in [0, 0.1) is 11.7 Å². The van der Waals surface area contributed by atoms with Crippen LogP contribution in [-0.4, -0.2) is 17.0 Å². The zero-order valence-corrected chi connectivity index (χ0v) is 11.2. The molecule has 0 heterocycles. The van der Waals surface area contributed by atoms with Gasteiger partial charge in [-0.05, 0) is 37.0 Å². The first-order valence-electron chi connectivity index (χ1n) is 6.89. The van der Waals surface area contributed by atoms with E-state index in [0.29, 0.717) is 12.3 Å². The lowest BCUT2D eigenvalue weighted by atomic mass is 9.87. The lowest BCUT2D eigenvalue weighted by Crippen LogP contribution is -2.19. The van der Waals surface area contributed by atoms with E-state index in [9.17, 15) is 14.0 Å². The van der Waals surface area contributed by atoms with Crippen molar-refractivity contribution in [3.05, 3.63) is 29.6 Å². The van der Waals surface area contributed by atoms with E-state index in [4.69, 9.17) is 5.11 Å². The van der Waals surface area contributed by atoms with Crippen molar-refractivity contribution in [2.24, 2.45) is 5.92 Å². The van der Waals surface area contributed by atoms with Crippen molar-refractivity contribution in [2.75, 3.05) is 5.32 Å². The molecular formula is C15H18FNO3. The van der Waals surface area contributed by atoms with Gasteiger partial charge in [-0.2, -0.15) is 0 Å². The lowest BCUT2D eigenvalue weighted by Gasteiger charge is -2.21. The molecule has 1 aromatic rings. The Morgan fingerprint density at radius 1 is 1.25 bits per heavy atom. The number of hydrogen-bond acceptors (Lipinski definition) is 2. The van der Waals surface area contributed by atoms with E-state index in [0.717, 1.165) is 37.8 Å². The molecule has 20 heavy (non-hydrogen) atoms. The van der Waals surface area contributed by atoms with Crippen LogP contribution < -0.4 is 5.32 Å². The van der Waals surface area contributed by atoms with Crippen LogP contribution in [0.4, 0.5) is 10.1 Å². The fourth-order valence-corrected chi connectivity index (χ4v) is 2.66. The number of nitrogens with one attached hydrogen (secondary N) is 1. The van der Waals surface area contributed by atoms with E-state index >= 15 is 0 Å². The molecule has 0 spiro atoms. The number of carboxylic acid groups (broad SMARTS) is 1. The van der Waals surface area contributed by atoms with Crippen LogP contribution in [0.15, 0.2) is 18.2 Å². The molecule has 108 valence electrons. The van der Waals surface area contributed by atoms with Crippen LogP contribution in [0.2, 0.25) is 0 Å². The third kappa shape index (κ3) is 3.79. The second-order valence-electron chi connectivity index (χ2n) is 5.25. The number of amides is 1. The molecule has 1 aliphatic rings. The lowest BCUT2D eigenvalue weighted by molar-refractivity contribution is -0.117. The van der Waals surface area contributed by atoms with Crippen LogP contribution in [0.5, 0.6) is 0 Å². The van der Waals surface area contributed by atoms with Crippen molar-refractivity contribution in [3.8, 4) is 0 Å². The molecule has 1 fully saturated rings. The van der Waals surface area contributed by atoms with Gasteiger partial charge in [0, 0.05) is 6.42 Å². The predicted octanol–water partition coefficient (Wildman–Crippen LogP) is 3.43. The minimum Gasteiger partial charge on any atom is -0.478 e.